The molecular weight excluding hydrogens is 472 g/mol. The highest BCUT2D eigenvalue weighted by molar-refractivity contribution is 7.99. The van der Waals surface area contributed by atoms with E-state index in [2.05, 4.69) is 37.4 Å². The number of hydrogen-bond donors (Lipinski definition) is 1. The molecule has 1 N–H and O–H groups in total. The lowest BCUT2D eigenvalue weighted by Crippen LogP contribution is -2.31. The van der Waals surface area contributed by atoms with Crippen LogP contribution in [0, 0.1) is 6.92 Å². The Balaban J connectivity index is 1.51. The molecule has 2 heterocycles. The van der Waals surface area contributed by atoms with Gasteiger partial charge in [-0.2, -0.15) is 4.98 Å². The standard InChI is InChI=1S/C28H32N4O3S/c1-4-14-36-28-30-27-29-21-10-7-11-22(33)25(21)26(32(27)31-28)20-12-13-23(24(16-20)34-5-2)35-17-19-9-6-8-18(3)15-19/h6,8-9,12-13,15-16,26H,4-5,7,10-11,14,17H2,1-3H3,(H,29,30,31). The van der Waals surface area contributed by atoms with Crippen molar-refractivity contribution in [2.45, 2.75) is 64.3 Å². The molecule has 0 amide bonds. The Kier molecular flexibility index (Phi) is 7.32. The number of carbonyl (C=O) groups is 1. The van der Waals surface area contributed by atoms with Gasteiger partial charge in [0.1, 0.15) is 12.6 Å². The first-order valence-corrected chi connectivity index (χ1v) is 13.6. The molecule has 5 rings (SSSR count). The topological polar surface area (TPSA) is 78.3 Å². The summed E-state index contributed by atoms with van der Waals surface area (Å²) < 4.78 is 14.0. The molecule has 1 aliphatic carbocycles. The molecule has 188 valence electrons. The fraction of sp³-hybridized carbons (Fsp3) is 0.393. The molecule has 2 aromatic carbocycles. The number of nitrogens with one attached hydrogen (secondary N) is 1. The van der Waals surface area contributed by atoms with Gasteiger partial charge in [0.05, 0.1) is 6.61 Å². The van der Waals surface area contributed by atoms with Gasteiger partial charge in [-0.05, 0) is 56.4 Å². The number of fused-ring (bicyclic) bond motifs is 1. The largest absolute Gasteiger partial charge is 0.490 e. The van der Waals surface area contributed by atoms with E-state index < -0.39 is 0 Å². The predicted molar refractivity (Wildman–Crippen MR) is 142 cm³/mol. The van der Waals surface area contributed by atoms with Gasteiger partial charge in [0.2, 0.25) is 11.1 Å². The molecular formula is C28H32N4O3S. The average molecular weight is 505 g/mol. The Morgan fingerprint density at radius 3 is 2.81 bits per heavy atom. The van der Waals surface area contributed by atoms with E-state index in [0.29, 0.717) is 37.1 Å². The Morgan fingerprint density at radius 1 is 1.11 bits per heavy atom. The van der Waals surface area contributed by atoms with Crippen LogP contribution in [-0.2, 0) is 11.4 Å². The summed E-state index contributed by atoms with van der Waals surface area (Å²) in [6.45, 7) is 7.13. The minimum atomic E-state index is -0.349. The molecule has 0 spiro atoms. The van der Waals surface area contributed by atoms with Gasteiger partial charge in [-0.15, -0.1) is 5.10 Å². The smallest absolute Gasteiger partial charge is 0.227 e. The number of rotatable bonds is 9. The van der Waals surface area contributed by atoms with Crippen molar-refractivity contribution in [1.29, 1.82) is 0 Å². The minimum Gasteiger partial charge on any atom is -0.490 e. The molecule has 3 aromatic rings. The van der Waals surface area contributed by atoms with Gasteiger partial charge in [0, 0.05) is 23.4 Å². The highest BCUT2D eigenvalue weighted by atomic mass is 32.2. The van der Waals surface area contributed by atoms with Crippen molar-refractivity contribution in [2.24, 2.45) is 0 Å². The van der Waals surface area contributed by atoms with E-state index in [1.54, 1.807) is 11.8 Å². The van der Waals surface area contributed by atoms with Crippen LogP contribution < -0.4 is 14.8 Å². The van der Waals surface area contributed by atoms with Gasteiger partial charge in [0.25, 0.3) is 0 Å². The van der Waals surface area contributed by atoms with Crippen molar-refractivity contribution >= 4 is 23.5 Å². The summed E-state index contributed by atoms with van der Waals surface area (Å²) >= 11 is 1.63. The predicted octanol–water partition coefficient (Wildman–Crippen LogP) is 6.09. The zero-order chi connectivity index (χ0) is 25.1. The number of nitrogens with zero attached hydrogens (tertiary/aromatic N) is 3. The number of ether oxygens (including phenoxy) is 2. The molecule has 0 bridgehead atoms. The first kappa shape index (κ1) is 24.4. The fourth-order valence-corrected chi connectivity index (χ4v) is 5.43. The summed E-state index contributed by atoms with van der Waals surface area (Å²) in [5.74, 6) is 3.13. The molecule has 0 saturated carbocycles. The number of Topliss-reactive ketones (excluding diaryl/α,β-unsaturated/α-hetero) is 1. The number of allylic oxidation sites excluding steroid dienone is 2. The maximum Gasteiger partial charge on any atom is 0.227 e. The zero-order valence-corrected chi connectivity index (χ0v) is 21.9. The number of ketones is 1. The van der Waals surface area contributed by atoms with Crippen LogP contribution in [-0.4, -0.2) is 32.9 Å². The second kappa shape index (κ2) is 10.8. The second-order valence-corrected chi connectivity index (χ2v) is 10.2. The minimum absolute atomic E-state index is 0.162. The highest BCUT2D eigenvalue weighted by Gasteiger charge is 2.37. The van der Waals surface area contributed by atoms with Crippen molar-refractivity contribution in [3.8, 4) is 11.5 Å². The molecule has 7 nitrogen and oxygen atoms in total. The van der Waals surface area contributed by atoms with Crippen LogP contribution in [0.1, 0.15) is 62.3 Å². The van der Waals surface area contributed by atoms with E-state index in [-0.39, 0.29) is 11.8 Å². The monoisotopic (exact) mass is 504 g/mol. The second-order valence-electron chi connectivity index (χ2n) is 9.12. The van der Waals surface area contributed by atoms with Gasteiger partial charge in [-0.3, -0.25) is 4.79 Å². The van der Waals surface area contributed by atoms with Gasteiger partial charge in [-0.1, -0.05) is 54.6 Å². The summed E-state index contributed by atoms with van der Waals surface area (Å²) in [5, 5.41) is 8.92. The van der Waals surface area contributed by atoms with Crippen molar-refractivity contribution in [1.82, 2.24) is 14.8 Å². The summed E-state index contributed by atoms with van der Waals surface area (Å²) in [6, 6.07) is 13.9. The maximum absolute atomic E-state index is 13.1. The zero-order valence-electron chi connectivity index (χ0n) is 21.0. The lowest BCUT2D eigenvalue weighted by Gasteiger charge is -2.32. The molecule has 1 atom stereocenters. The van der Waals surface area contributed by atoms with Crippen LogP contribution in [0.15, 0.2) is 58.9 Å². The molecule has 0 fully saturated rings. The third-order valence-corrected chi connectivity index (χ3v) is 7.39. The fourth-order valence-electron chi connectivity index (χ4n) is 4.74. The lowest BCUT2D eigenvalue weighted by atomic mass is 9.85. The van der Waals surface area contributed by atoms with Crippen LogP contribution in [0.4, 0.5) is 5.95 Å². The third-order valence-electron chi connectivity index (χ3n) is 6.34. The van der Waals surface area contributed by atoms with E-state index in [0.717, 1.165) is 52.6 Å². The van der Waals surface area contributed by atoms with Crippen LogP contribution in [0.2, 0.25) is 0 Å². The normalized spacial score (nSPS) is 16.9. The number of carbonyl (C=O) groups excluding carboxylic acids is 1. The molecule has 8 heteroatoms. The number of aromatic nitrogens is 3. The van der Waals surface area contributed by atoms with Gasteiger partial charge < -0.3 is 14.8 Å². The van der Waals surface area contributed by atoms with E-state index in [4.69, 9.17) is 19.6 Å². The van der Waals surface area contributed by atoms with E-state index >= 15 is 0 Å². The Morgan fingerprint density at radius 2 is 2.00 bits per heavy atom. The first-order chi connectivity index (χ1) is 17.6. The van der Waals surface area contributed by atoms with E-state index in [9.17, 15) is 4.79 Å². The molecule has 1 aromatic heterocycles. The van der Waals surface area contributed by atoms with Crippen molar-refractivity contribution < 1.29 is 14.3 Å². The summed E-state index contributed by atoms with van der Waals surface area (Å²) in [5.41, 5.74) is 4.97. The number of benzene rings is 2. The molecule has 36 heavy (non-hydrogen) atoms. The lowest BCUT2D eigenvalue weighted by molar-refractivity contribution is -0.116. The van der Waals surface area contributed by atoms with E-state index in [1.165, 1.54) is 5.56 Å². The maximum atomic E-state index is 13.1. The molecule has 0 saturated heterocycles. The number of aryl methyl sites for hydroxylation is 1. The Hall–Kier alpha value is -3.26. The van der Waals surface area contributed by atoms with Crippen LogP contribution in [0.25, 0.3) is 0 Å². The summed E-state index contributed by atoms with van der Waals surface area (Å²) in [7, 11) is 0. The first-order valence-electron chi connectivity index (χ1n) is 12.6. The quantitative estimate of drug-likeness (QED) is 0.353. The van der Waals surface area contributed by atoms with Gasteiger partial charge in [-0.25, -0.2) is 4.68 Å². The number of anilines is 1. The van der Waals surface area contributed by atoms with Crippen LogP contribution >= 0.6 is 11.8 Å². The third kappa shape index (κ3) is 5.00. The van der Waals surface area contributed by atoms with Crippen LogP contribution in [0.5, 0.6) is 11.5 Å². The SMILES string of the molecule is CCCSc1nc2n(n1)C(c1ccc(OCc3cccc(C)c3)c(OCC)c1)C1=C(CCCC1=O)N2. The van der Waals surface area contributed by atoms with Gasteiger partial charge >= 0.3 is 0 Å². The van der Waals surface area contributed by atoms with Crippen molar-refractivity contribution in [3.63, 3.8) is 0 Å². The summed E-state index contributed by atoms with van der Waals surface area (Å²) in [4.78, 5) is 17.9. The van der Waals surface area contributed by atoms with E-state index in [1.807, 2.05) is 35.9 Å². The molecule has 0 radical (unpaired) electrons. The number of thioether (sulfide) groups is 1. The Labute approximate surface area is 216 Å². The van der Waals surface area contributed by atoms with Crippen molar-refractivity contribution in [2.75, 3.05) is 17.7 Å². The summed E-state index contributed by atoms with van der Waals surface area (Å²) in [6.07, 6.45) is 3.27. The van der Waals surface area contributed by atoms with Crippen LogP contribution in [0.3, 0.4) is 0 Å². The highest BCUT2D eigenvalue weighted by Crippen LogP contribution is 2.42. The van der Waals surface area contributed by atoms with Crippen molar-refractivity contribution in [3.05, 3.63) is 70.4 Å². The molecule has 1 aliphatic heterocycles. The Bertz CT molecular complexity index is 1300. The molecule has 2 aliphatic rings. The average Bonchev–Trinajstić information content (AvgIpc) is 3.28. The molecule has 1 unspecified atom stereocenters. The number of hydrogen-bond acceptors (Lipinski definition) is 7. The van der Waals surface area contributed by atoms with Gasteiger partial charge in [0.15, 0.2) is 17.3 Å².